The maximum atomic E-state index is 9.04. The molecular weight excluding hydrogens is 202 g/mol. The van der Waals surface area contributed by atoms with Gasteiger partial charge in [-0.05, 0) is 0 Å². The van der Waals surface area contributed by atoms with E-state index >= 15 is 0 Å². The molecule has 0 amide bonds. The lowest BCUT2D eigenvalue weighted by atomic mass is 9.95. The highest BCUT2D eigenvalue weighted by Gasteiger charge is 2.16. The third-order valence-corrected chi connectivity index (χ3v) is 2.11. The maximum Gasteiger partial charge on any atom is 0.148 e. The van der Waals surface area contributed by atoms with Gasteiger partial charge >= 0.3 is 0 Å². The van der Waals surface area contributed by atoms with E-state index in [0.29, 0.717) is 17.4 Å². The molecule has 0 aromatic carbocycles. The smallest absolute Gasteiger partial charge is 0.148 e. The van der Waals surface area contributed by atoms with E-state index in [9.17, 15) is 0 Å². The van der Waals surface area contributed by atoms with E-state index < -0.39 is 0 Å². The first-order chi connectivity index (χ1) is 6.55. The monoisotopic (exact) mass is 215 g/mol. The van der Waals surface area contributed by atoms with Crippen LogP contribution in [0.25, 0.3) is 0 Å². The number of halogens is 1. The summed E-state index contributed by atoms with van der Waals surface area (Å²) in [6.07, 6.45) is 2.96. The van der Waals surface area contributed by atoms with Gasteiger partial charge in [-0.3, -0.25) is 0 Å². The Balaban J connectivity index is 2.58. The molecule has 78 valence electrons. The van der Waals surface area contributed by atoms with Crippen LogP contribution in [0.3, 0.4) is 0 Å². The summed E-state index contributed by atoms with van der Waals surface area (Å²) in [6, 6.07) is 0. The average Bonchev–Trinajstić information content (AvgIpc) is 2.17. The number of anilines is 1. The molecule has 0 fully saturated rings. The topological polar surface area (TPSA) is 58.0 Å². The molecule has 1 aromatic rings. The van der Waals surface area contributed by atoms with E-state index in [2.05, 4.69) is 15.3 Å². The first-order valence-corrected chi connectivity index (χ1v) is 4.73. The number of aliphatic hydroxyl groups excluding tert-OH is 1. The average molecular weight is 216 g/mol. The van der Waals surface area contributed by atoms with Crippen molar-refractivity contribution in [1.29, 1.82) is 0 Å². The van der Waals surface area contributed by atoms with Crippen LogP contribution in [0.5, 0.6) is 0 Å². The summed E-state index contributed by atoms with van der Waals surface area (Å²) in [5, 5.41) is 12.6. The molecule has 0 unspecified atom stereocenters. The second-order valence-corrected chi connectivity index (χ2v) is 4.30. The van der Waals surface area contributed by atoms with Crippen molar-refractivity contribution in [1.82, 2.24) is 9.97 Å². The molecular formula is C9H14ClN3O. The van der Waals surface area contributed by atoms with Crippen LogP contribution in [-0.4, -0.2) is 28.2 Å². The van der Waals surface area contributed by atoms with Gasteiger partial charge in [-0.2, -0.15) is 0 Å². The van der Waals surface area contributed by atoms with E-state index in [1.807, 2.05) is 13.8 Å². The van der Waals surface area contributed by atoms with E-state index in [0.717, 1.165) is 0 Å². The van der Waals surface area contributed by atoms with Gasteiger partial charge in [-0.15, -0.1) is 0 Å². The second kappa shape index (κ2) is 4.57. The van der Waals surface area contributed by atoms with Gasteiger partial charge in [0.25, 0.3) is 0 Å². The van der Waals surface area contributed by atoms with Crippen molar-refractivity contribution in [2.45, 2.75) is 13.8 Å². The molecule has 4 nitrogen and oxygen atoms in total. The number of aromatic nitrogens is 2. The Labute approximate surface area is 88.3 Å². The highest BCUT2D eigenvalue weighted by atomic mass is 35.5. The Kier molecular flexibility index (Phi) is 3.66. The van der Waals surface area contributed by atoms with E-state index in [-0.39, 0.29) is 12.0 Å². The van der Waals surface area contributed by atoms with Crippen LogP contribution in [-0.2, 0) is 0 Å². The lowest BCUT2D eigenvalue weighted by Gasteiger charge is -2.22. The largest absolute Gasteiger partial charge is 0.396 e. The first kappa shape index (κ1) is 11.2. The fourth-order valence-electron chi connectivity index (χ4n) is 0.822. The fourth-order valence-corrected chi connectivity index (χ4v) is 0.994. The van der Waals surface area contributed by atoms with Crippen molar-refractivity contribution in [2.75, 3.05) is 18.5 Å². The molecule has 14 heavy (non-hydrogen) atoms. The summed E-state index contributed by atoms with van der Waals surface area (Å²) in [6.45, 7) is 4.63. The van der Waals surface area contributed by atoms with E-state index in [1.54, 1.807) is 0 Å². The van der Waals surface area contributed by atoms with Gasteiger partial charge in [-0.1, -0.05) is 25.4 Å². The third kappa shape index (κ3) is 3.12. The van der Waals surface area contributed by atoms with Crippen LogP contribution in [0.15, 0.2) is 12.5 Å². The standard InChI is InChI=1S/C9H14ClN3O/c1-9(2,5-14)4-12-8-7(10)3-11-6-13-8/h3,6,14H,4-5H2,1-2H3,(H,11,12,13). The zero-order valence-corrected chi connectivity index (χ0v) is 9.04. The van der Waals surface area contributed by atoms with Gasteiger partial charge in [-0.25, -0.2) is 9.97 Å². The molecule has 0 radical (unpaired) electrons. The summed E-state index contributed by atoms with van der Waals surface area (Å²) in [4.78, 5) is 7.76. The minimum Gasteiger partial charge on any atom is -0.396 e. The van der Waals surface area contributed by atoms with Gasteiger partial charge in [0.1, 0.15) is 17.2 Å². The number of rotatable bonds is 4. The quantitative estimate of drug-likeness (QED) is 0.801. The van der Waals surface area contributed by atoms with Crippen LogP contribution >= 0.6 is 11.6 Å². The number of nitrogens with one attached hydrogen (secondary N) is 1. The molecule has 1 rings (SSSR count). The Bertz CT molecular complexity index is 304. The number of nitrogens with zero attached hydrogens (tertiary/aromatic N) is 2. The third-order valence-electron chi connectivity index (χ3n) is 1.83. The van der Waals surface area contributed by atoms with Gasteiger partial charge in [0.05, 0.1) is 6.20 Å². The molecule has 0 bridgehead atoms. The Hall–Kier alpha value is -0.870. The van der Waals surface area contributed by atoms with Crippen molar-refractivity contribution in [2.24, 2.45) is 5.41 Å². The molecule has 0 spiro atoms. The van der Waals surface area contributed by atoms with E-state index in [1.165, 1.54) is 12.5 Å². The van der Waals surface area contributed by atoms with Crippen LogP contribution in [0.4, 0.5) is 5.82 Å². The molecule has 1 aromatic heterocycles. The minimum atomic E-state index is -0.186. The maximum absolute atomic E-state index is 9.04. The summed E-state index contributed by atoms with van der Waals surface area (Å²) >= 11 is 5.85. The zero-order valence-electron chi connectivity index (χ0n) is 8.29. The summed E-state index contributed by atoms with van der Waals surface area (Å²) in [5.74, 6) is 0.600. The van der Waals surface area contributed by atoms with Gasteiger partial charge in [0, 0.05) is 18.6 Å². The highest BCUT2D eigenvalue weighted by Crippen LogP contribution is 2.19. The molecule has 0 aliphatic carbocycles. The van der Waals surface area contributed by atoms with Crippen molar-refractivity contribution in [3.05, 3.63) is 17.5 Å². The van der Waals surface area contributed by atoms with Crippen molar-refractivity contribution >= 4 is 17.4 Å². The molecule has 5 heteroatoms. The molecule has 0 atom stereocenters. The predicted molar refractivity (Wildman–Crippen MR) is 56.4 cm³/mol. The SMILES string of the molecule is CC(C)(CO)CNc1ncncc1Cl. The summed E-state index contributed by atoms with van der Waals surface area (Å²) in [5.41, 5.74) is -0.186. The number of hydrogen-bond donors (Lipinski definition) is 2. The minimum absolute atomic E-state index is 0.114. The molecule has 2 N–H and O–H groups in total. The lowest BCUT2D eigenvalue weighted by molar-refractivity contribution is 0.170. The Morgan fingerprint density at radius 2 is 2.29 bits per heavy atom. The predicted octanol–water partition coefficient (Wildman–Crippen LogP) is 1.56. The van der Waals surface area contributed by atoms with E-state index in [4.69, 9.17) is 16.7 Å². The summed E-state index contributed by atoms with van der Waals surface area (Å²) < 4.78 is 0. The van der Waals surface area contributed by atoms with Crippen molar-refractivity contribution in [3.8, 4) is 0 Å². The molecule has 1 heterocycles. The summed E-state index contributed by atoms with van der Waals surface area (Å²) in [7, 11) is 0. The van der Waals surface area contributed by atoms with Gasteiger partial charge < -0.3 is 10.4 Å². The van der Waals surface area contributed by atoms with Crippen molar-refractivity contribution < 1.29 is 5.11 Å². The molecule has 0 saturated carbocycles. The molecule has 0 aliphatic rings. The Morgan fingerprint density at radius 3 is 2.86 bits per heavy atom. The van der Waals surface area contributed by atoms with Crippen molar-refractivity contribution in [3.63, 3.8) is 0 Å². The second-order valence-electron chi connectivity index (χ2n) is 3.90. The molecule has 0 aliphatic heterocycles. The highest BCUT2D eigenvalue weighted by molar-refractivity contribution is 6.32. The fraction of sp³-hybridized carbons (Fsp3) is 0.556. The number of hydrogen-bond acceptors (Lipinski definition) is 4. The Morgan fingerprint density at radius 1 is 1.57 bits per heavy atom. The van der Waals surface area contributed by atoms with Crippen LogP contribution in [0, 0.1) is 5.41 Å². The van der Waals surface area contributed by atoms with Gasteiger partial charge in [0.2, 0.25) is 0 Å². The normalized spacial score (nSPS) is 11.4. The van der Waals surface area contributed by atoms with Crippen LogP contribution < -0.4 is 5.32 Å². The van der Waals surface area contributed by atoms with Crippen LogP contribution in [0.1, 0.15) is 13.8 Å². The number of aliphatic hydroxyl groups is 1. The van der Waals surface area contributed by atoms with Gasteiger partial charge in [0.15, 0.2) is 0 Å². The first-order valence-electron chi connectivity index (χ1n) is 4.35. The van der Waals surface area contributed by atoms with Crippen LogP contribution in [0.2, 0.25) is 5.02 Å². The molecule has 0 saturated heterocycles. The zero-order chi connectivity index (χ0) is 10.6. The lowest BCUT2D eigenvalue weighted by Crippen LogP contribution is -2.27.